The highest BCUT2D eigenvalue weighted by molar-refractivity contribution is 5.51. The number of likely N-dealkylation sites (tertiary alicyclic amines) is 1. The molecule has 0 N–H and O–H groups in total. The second kappa shape index (κ2) is 6.31. The van der Waals surface area contributed by atoms with Gasteiger partial charge in [-0.25, -0.2) is 0 Å². The van der Waals surface area contributed by atoms with Crippen molar-refractivity contribution in [2.24, 2.45) is 5.92 Å². The number of hydrogen-bond donors (Lipinski definition) is 0. The third-order valence-corrected chi connectivity index (χ3v) is 5.91. The van der Waals surface area contributed by atoms with Crippen LogP contribution in [0.1, 0.15) is 47.1 Å². The molecular weight excluding hydrogens is 339 g/mol. The van der Waals surface area contributed by atoms with Gasteiger partial charge in [0.15, 0.2) is 0 Å². The van der Waals surface area contributed by atoms with Crippen LogP contribution in [0.15, 0.2) is 42.5 Å². The van der Waals surface area contributed by atoms with Gasteiger partial charge >= 0.3 is 6.18 Å². The SMILES string of the molecule is COc1ccc2c(c1)C(c1ccccc1C(F)(F)F)C1CCCN(C)C21. The maximum Gasteiger partial charge on any atom is 0.416 e. The van der Waals surface area contributed by atoms with Gasteiger partial charge in [-0.2, -0.15) is 13.2 Å². The minimum Gasteiger partial charge on any atom is -0.497 e. The number of rotatable bonds is 2. The molecule has 4 rings (SSSR count). The number of alkyl halides is 3. The fraction of sp³-hybridized carbons (Fsp3) is 0.429. The molecule has 26 heavy (non-hydrogen) atoms. The van der Waals surface area contributed by atoms with Crippen LogP contribution in [0.5, 0.6) is 5.75 Å². The highest BCUT2D eigenvalue weighted by Gasteiger charge is 2.47. The van der Waals surface area contributed by atoms with Crippen molar-refractivity contribution < 1.29 is 17.9 Å². The number of nitrogens with zero attached hydrogens (tertiary/aromatic N) is 1. The van der Waals surface area contributed by atoms with Crippen molar-refractivity contribution in [2.75, 3.05) is 20.7 Å². The van der Waals surface area contributed by atoms with Crippen molar-refractivity contribution >= 4 is 0 Å². The summed E-state index contributed by atoms with van der Waals surface area (Å²) >= 11 is 0. The van der Waals surface area contributed by atoms with Crippen molar-refractivity contribution in [3.8, 4) is 5.75 Å². The van der Waals surface area contributed by atoms with Gasteiger partial charge in [0.05, 0.1) is 12.7 Å². The van der Waals surface area contributed by atoms with Crippen LogP contribution in [-0.4, -0.2) is 25.6 Å². The Labute approximate surface area is 151 Å². The molecule has 1 heterocycles. The van der Waals surface area contributed by atoms with Crippen molar-refractivity contribution in [2.45, 2.75) is 31.0 Å². The van der Waals surface area contributed by atoms with E-state index in [2.05, 4.69) is 11.9 Å². The van der Waals surface area contributed by atoms with Crippen LogP contribution in [-0.2, 0) is 6.18 Å². The minimum atomic E-state index is -4.35. The Hall–Kier alpha value is -2.01. The summed E-state index contributed by atoms with van der Waals surface area (Å²) in [7, 11) is 3.66. The van der Waals surface area contributed by atoms with Crippen LogP contribution in [0.25, 0.3) is 0 Å². The highest BCUT2D eigenvalue weighted by atomic mass is 19.4. The van der Waals surface area contributed by atoms with Crippen LogP contribution < -0.4 is 4.74 Å². The Morgan fingerprint density at radius 3 is 2.54 bits per heavy atom. The lowest BCUT2D eigenvalue weighted by Crippen LogP contribution is -2.35. The summed E-state index contributed by atoms with van der Waals surface area (Å²) in [5, 5.41) is 0. The van der Waals surface area contributed by atoms with E-state index in [0.29, 0.717) is 11.3 Å². The first-order valence-electron chi connectivity index (χ1n) is 8.96. The Morgan fingerprint density at radius 1 is 1.04 bits per heavy atom. The normalized spacial score (nSPS) is 25.7. The molecule has 3 unspecified atom stereocenters. The zero-order valence-electron chi connectivity index (χ0n) is 14.9. The molecule has 0 spiro atoms. The maximum atomic E-state index is 13.7. The summed E-state index contributed by atoms with van der Waals surface area (Å²) in [4.78, 5) is 2.29. The molecule has 2 nitrogen and oxygen atoms in total. The average molecular weight is 361 g/mol. The van der Waals surface area contributed by atoms with Crippen molar-refractivity contribution in [1.29, 1.82) is 0 Å². The Morgan fingerprint density at radius 2 is 1.81 bits per heavy atom. The van der Waals surface area contributed by atoms with Gasteiger partial charge in [0.2, 0.25) is 0 Å². The Kier molecular flexibility index (Phi) is 4.22. The Balaban J connectivity index is 1.92. The van der Waals surface area contributed by atoms with E-state index in [1.807, 2.05) is 18.2 Å². The molecular formula is C21H22F3NO. The summed E-state index contributed by atoms with van der Waals surface area (Å²) in [5.41, 5.74) is 1.98. The lowest BCUT2D eigenvalue weighted by Gasteiger charge is -2.38. The maximum absolute atomic E-state index is 13.7. The summed E-state index contributed by atoms with van der Waals surface area (Å²) in [6, 6.07) is 12.1. The predicted octanol–water partition coefficient (Wildman–Crippen LogP) is 5.24. The number of hydrogen-bond acceptors (Lipinski definition) is 2. The third kappa shape index (κ3) is 2.69. The topological polar surface area (TPSA) is 12.5 Å². The number of halogens is 3. The third-order valence-electron chi connectivity index (χ3n) is 5.91. The fourth-order valence-electron chi connectivity index (χ4n) is 4.89. The molecule has 1 fully saturated rings. The molecule has 5 heteroatoms. The van der Waals surface area contributed by atoms with Gasteiger partial charge in [-0.05, 0) is 67.2 Å². The monoisotopic (exact) mass is 361 g/mol. The molecule has 1 saturated heterocycles. The molecule has 0 radical (unpaired) electrons. The molecule has 1 aliphatic heterocycles. The van der Waals surface area contributed by atoms with E-state index in [1.165, 1.54) is 12.1 Å². The molecule has 2 aliphatic rings. The first-order valence-corrected chi connectivity index (χ1v) is 8.96. The van der Waals surface area contributed by atoms with Crippen LogP contribution in [0.4, 0.5) is 13.2 Å². The summed E-state index contributed by atoms with van der Waals surface area (Å²) < 4.78 is 46.4. The Bertz CT molecular complexity index is 817. The first kappa shape index (κ1) is 17.4. The van der Waals surface area contributed by atoms with Crippen molar-refractivity contribution in [3.05, 3.63) is 64.7 Å². The lowest BCUT2D eigenvalue weighted by atomic mass is 9.78. The van der Waals surface area contributed by atoms with E-state index >= 15 is 0 Å². The predicted molar refractivity (Wildman–Crippen MR) is 94.4 cm³/mol. The van der Waals surface area contributed by atoms with Crippen molar-refractivity contribution in [3.63, 3.8) is 0 Å². The van der Waals surface area contributed by atoms with Gasteiger partial charge in [0, 0.05) is 12.0 Å². The van der Waals surface area contributed by atoms with Gasteiger partial charge in [-0.1, -0.05) is 24.3 Å². The number of ether oxygens (including phenoxy) is 1. The molecule has 0 bridgehead atoms. The number of methoxy groups -OCH3 is 1. The second-order valence-electron chi connectivity index (χ2n) is 7.29. The average Bonchev–Trinajstić information content (AvgIpc) is 2.95. The van der Waals surface area contributed by atoms with E-state index in [4.69, 9.17) is 4.74 Å². The van der Waals surface area contributed by atoms with Crippen LogP contribution in [0, 0.1) is 5.92 Å². The largest absolute Gasteiger partial charge is 0.497 e. The van der Waals surface area contributed by atoms with E-state index in [1.54, 1.807) is 19.2 Å². The smallest absolute Gasteiger partial charge is 0.416 e. The minimum absolute atomic E-state index is 0.152. The van der Waals surface area contributed by atoms with E-state index < -0.39 is 11.7 Å². The quantitative estimate of drug-likeness (QED) is 0.725. The molecule has 0 aromatic heterocycles. The molecule has 0 amide bonds. The summed E-state index contributed by atoms with van der Waals surface area (Å²) in [5.74, 6) is 0.588. The van der Waals surface area contributed by atoms with Gasteiger partial charge in [0.1, 0.15) is 5.75 Å². The fourth-order valence-corrected chi connectivity index (χ4v) is 4.89. The van der Waals surface area contributed by atoms with Gasteiger partial charge in [-0.3, -0.25) is 4.90 Å². The molecule has 1 aliphatic carbocycles. The standard InChI is InChI=1S/C21H22F3NO/c1-25-11-5-7-16-19(15-6-3-4-8-18(15)21(22,23)24)17-12-13(26-2)9-10-14(17)20(16)25/h3-4,6,8-10,12,16,19-20H,5,7,11H2,1-2H3. The summed E-state index contributed by atoms with van der Waals surface area (Å²) in [6.45, 7) is 0.972. The van der Waals surface area contributed by atoms with Crippen molar-refractivity contribution in [1.82, 2.24) is 4.90 Å². The van der Waals surface area contributed by atoms with Gasteiger partial charge < -0.3 is 4.74 Å². The summed E-state index contributed by atoms with van der Waals surface area (Å²) in [6.07, 6.45) is -2.41. The van der Waals surface area contributed by atoms with Crippen LogP contribution in [0.2, 0.25) is 0 Å². The number of fused-ring (bicyclic) bond motifs is 3. The number of benzene rings is 2. The zero-order valence-corrected chi connectivity index (χ0v) is 14.9. The first-order chi connectivity index (χ1) is 12.4. The molecule has 138 valence electrons. The zero-order chi connectivity index (χ0) is 18.5. The lowest BCUT2D eigenvalue weighted by molar-refractivity contribution is -0.138. The highest BCUT2D eigenvalue weighted by Crippen LogP contribution is 2.56. The van der Waals surface area contributed by atoms with Crippen LogP contribution >= 0.6 is 0 Å². The molecule has 2 aromatic rings. The second-order valence-corrected chi connectivity index (χ2v) is 7.29. The van der Waals surface area contributed by atoms with E-state index in [0.717, 1.165) is 30.5 Å². The van der Waals surface area contributed by atoms with Crippen LogP contribution in [0.3, 0.4) is 0 Å². The number of piperidine rings is 1. The van der Waals surface area contributed by atoms with Gasteiger partial charge in [0.25, 0.3) is 0 Å². The molecule has 2 aromatic carbocycles. The van der Waals surface area contributed by atoms with Gasteiger partial charge in [-0.15, -0.1) is 0 Å². The van der Waals surface area contributed by atoms with E-state index in [9.17, 15) is 13.2 Å². The molecule has 0 saturated carbocycles. The molecule has 3 atom stereocenters. The van der Waals surface area contributed by atoms with E-state index in [-0.39, 0.29) is 17.9 Å².